The fourth-order valence-electron chi connectivity index (χ4n) is 6.94. The second kappa shape index (κ2) is 14.5. The molecule has 0 aromatic heterocycles. The molecule has 0 unspecified atom stereocenters. The highest BCUT2D eigenvalue weighted by atomic mass is 16.3. The van der Waals surface area contributed by atoms with Crippen molar-refractivity contribution in [2.45, 2.75) is 19.3 Å². The second-order valence-electron chi connectivity index (χ2n) is 12.1. The molecular weight excluding hydrogens is 596 g/mol. The molecule has 0 spiro atoms. The third-order valence-corrected chi connectivity index (χ3v) is 9.20. The van der Waals surface area contributed by atoms with Crippen LogP contribution >= 0.6 is 0 Å². The summed E-state index contributed by atoms with van der Waals surface area (Å²) in [6.45, 7) is 4.09. The van der Waals surface area contributed by atoms with Crippen LogP contribution in [0.25, 0.3) is 21.5 Å². The molecule has 0 bridgehead atoms. The molecule has 0 saturated carbocycles. The van der Waals surface area contributed by atoms with E-state index >= 15 is 0 Å². The fourth-order valence-corrected chi connectivity index (χ4v) is 6.94. The Morgan fingerprint density at radius 1 is 0.447 bits per heavy atom. The van der Waals surface area contributed by atoms with E-state index in [1.807, 2.05) is 53.4 Å². The third kappa shape index (κ3) is 6.55. The number of carbonyl (C=O) groups excluding carboxylic acids is 4. The van der Waals surface area contributed by atoms with Crippen molar-refractivity contribution in [2.24, 2.45) is 0 Å². The molecule has 4 aromatic rings. The van der Waals surface area contributed by atoms with Gasteiger partial charge in [-0.25, -0.2) is 0 Å². The minimum atomic E-state index is -0.285. The van der Waals surface area contributed by atoms with E-state index in [9.17, 15) is 29.4 Å². The predicted octanol–water partition coefficient (Wildman–Crippen LogP) is 3.64. The quantitative estimate of drug-likeness (QED) is 0.179. The van der Waals surface area contributed by atoms with E-state index in [1.54, 1.807) is 24.3 Å². The molecule has 244 valence electrons. The number of hydrogen-bond donors (Lipinski definition) is 2. The van der Waals surface area contributed by atoms with Gasteiger partial charge in [-0.05, 0) is 80.5 Å². The molecule has 6 rings (SSSR count). The number of rotatable bonds is 16. The maximum absolute atomic E-state index is 13.4. The standard InChI is InChI=1S/C37H40N4O6/c42-24-22-39(23-25-43)17-5-16-38(18-6-20-40-34(44)28-12-1-8-26-9-2-13-29(32(26)28)35(40)45)19-7-21-41-36(46)30-14-3-10-27-11-4-15-31(33(27)30)37(41)47/h1-4,8-15,42-43H,5-7,16-25H2. The van der Waals surface area contributed by atoms with Gasteiger partial charge in [0.2, 0.25) is 0 Å². The molecule has 0 radical (unpaired) electrons. The molecule has 10 heteroatoms. The molecule has 0 atom stereocenters. The Labute approximate surface area is 273 Å². The molecule has 2 N–H and O–H groups in total. The van der Waals surface area contributed by atoms with Crippen molar-refractivity contribution in [1.29, 1.82) is 0 Å². The molecule has 47 heavy (non-hydrogen) atoms. The van der Waals surface area contributed by atoms with Gasteiger partial charge in [-0.3, -0.25) is 33.9 Å². The summed E-state index contributed by atoms with van der Waals surface area (Å²) < 4.78 is 0. The molecule has 2 aliphatic heterocycles. The minimum absolute atomic E-state index is 0.00714. The second-order valence-corrected chi connectivity index (χ2v) is 12.1. The first-order valence-electron chi connectivity index (χ1n) is 16.3. The van der Waals surface area contributed by atoms with Gasteiger partial charge in [-0.1, -0.05) is 48.5 Å². The topological polar surface area (TPSA) is 122 Å². The van der Waals surface area contributed by atoms with Crippen molar-refractivity contribution in [3.05, 3.63) is 95.1 Å². The Bertz CT molecular complexity index is 1590. The summed E-state index contributed by atoms with van der Waals surface area (Å²) in [5, 5.41) is 22.0. The minimum Gasteiger partial charge on any atom is -0.395 e. The summed E-state index contributed by atoms with van der Waals surface area (Å²) in [5.74, 6) is -1.14. The summed E-state index contributed by atoms with van der Waals surface area (Å²) in [6, 6.07) is 22.0. The Morgan fingerprint density at radius 3 is 1.11 bits per heavy atom. The number of aliphatic hydroxyl groups is 2. The summed E-state index contributed by atoms with van der Waals surface area (Å²) in [5.41, 5.74) is 2.15. The Hall–Kier alpha value is -4.48. The van der Waals surface area contributed by atoms with Crippen LogP contribution in [0.5, 0.6) is 0 Å². The first-order valence-corrected chi connectivity index (χ1v) is 16.3. The molecule has 4 aromatic carbocycles. The van der Waals surface area contributed by atoms with Crippen molar-refractivity contribution in [1.82, 2.24) is 19.6 Å². The zero-order valence-electron chi connectivity index (χ0n) is 26.4. The van der Waals surface area contributed by atoms with Gasteiger partial charge in [-0.2, -0.15) is 0 Å². The van der Waals surface area contributed by atoms with Gasteiger partial charge in [0.15, 0.2) is 0 Å². The van der Waals surface area contributed by atoms with Crippen LogP contribution in [0.15, 0.2) is 72.8 Å². The summed E-state index contributed by atoms with van der Waals surface area (Å²) >= 11 is 0. The van der Waals surface area contributed by atoms with Gasteiger partial charge >= 0.3 is 0 Å². The van der Waals surface area contributed by atoms with E-state index in [0.29, 0.717) is 85.1 Å². The molecule has 0 saturated heterocycles. The maximum Gasteiger partial charge on any atom is 0.261 e. The number of carbonyl (C=O) groups is 4. The maximum atomic E-state index is 13.4. The summed E-state index contributed by atoms with van der Waals surface area (Å²) in [4.78, 5) is 60.5. The van der Waals surface area contributed by atoms with Crippen LogP contribution in [0.4, 0.5) is 0 Å². The molecule has 0 fully saturated rings. The number of hydrogen-bond acceptors (Lipinski definition) is 8. The molecule has 2 aliphatic rings. The zero-order chi connectivity index (χ0) is 32.9. The van der Waals surface area contributed by atoms with Crippen LogP contribution in [-0.2, 0) is 0 Å². The lowest BCUT2D eigenvalue weighted by atomic mass is 9.94. The van der Waals surface area contributed by atoms with Crippen LogP contribution in [0.3, 0.4) is 0 Å². The lowest BCUT2D eigenvalue weighted by molar-refractivity contribution is 0.0596. The van der Waals surface area contributed by atoms with Crippen LogP contribution in [0.1, 0.15) is 60.7 Å². The van der Waals surface area contributed by atoms with Gasteiger partial charge in [0.1, 0.15) is 0 Å². The smallest absolute Gasteiger partial charge is 0.261 e. The van der Waals surface area contributed by atoms with Gasteiger partial charge in [0.25, 0.3) is 23.6 Å². The van der Waals surface area contributed by atoms with E-state index in [2.05, 4.69) is 4.90 Å². The average Bonchev–Trinajstić information content (AvgIpc) is 3.08. The number of benzene rings is 4. The van der Waals surface area contributed by atoms with Crippen LogP contribution in [0, 0.1) is 0 Å². The predicted molar refractivity (Wildman–Crippen MR) is 180 cm³/mol. The Kier molecular flexibility index (Phi) is 10.0. The van der Waals surface area contributed by atoms with Crippen molar-refractivity contribution in [2.75, 3.05) is 65.6 Å². The molecule has 2 heterocycles. The fraction of sp³-hybridized carbons (Fsp3) is 0.351. The van der Waals surface area contributed by atoms with E-state index < -0.39 is 0 Å². The first kappa shape index (κ1) is 32.5. The normalized spacial score (nSPS) is 14.5. The van der Waals surface area contributed by atoms with Crippen LogP contribution in [-0.4, -0.2) is 119 Å². The highest BCUT2D eigenvalue weighted by molar-refractivity contribution is 6.26. The number of aliphatic hydroxyl groups excluding tert-OH is 2. The SMILES string of the molecule is O=C1c2cccc3cccc(c23)C(=O)N1CCCN(CCCN(CCO)CCO)CCCN1C(=O)c2cccc3cccc(c23)C1=O. The van der Waals surface area contributed by atoms with Crippen molar-refractivity contribution >= 4 is 45.2 Å². The van der Waals surface area contributed by atoms with Crippen LogP contribution < -0.4 is 0 Å². The average molecular weight is 637 g/mol. The van der Waals surface area contributed by atoms with Crippen LogP contribution in [0.2, 0.25) is 0 Å². The number of imide groups is 2. The highest BCUT2D eigenvalue weighted by Crippen LogP contribution is 2.31. The Morgan fingerprint density at radius 2 is 0.766 bits per heavy atom. The van der Waals surface area contributed by atoms with Gasteiger partial charge in [0, 0.05) is 59.2 Å². The monoisotopic (exact) mass is 636 g/mol. The summed E-state index contributed by atoms with van der Waals surface area (Å²) in [6.07, 6.45) is 1.89. The molecule has 4 amide bonds. The zero-order valence-corrected chi connectivity index (χ0v) is 26.4. The van der Waals surface area contributed by atoms with Crippen molar-refractivity contribution in [3.8, 4) is 0 Å². The molecular formula is C37H40N4O6. The largest absolute Gasteiger partial charge is 0.395 e. The van der Waals surface area contributed by atoms with Crippen molar-refractivity contribution < 1.29 is 29.4 Å². The van der Waals surface area contributed by atoms with Gasteiger partial charge in [-0.15, -0.1) is 0 Å². The lowest BCUT2D eigenvalue weighted by Crippen LogP contribution is -2.43. The van der Waals surface area contributed by atoms with Gasteiger partial charge < -0.3 is 15.1 Å². The highest BCUT2D eigenvalue weighted by Gasteiger charge is 2.33. The molecule has 0 aliphatic carbocycles. The number of amides is 4. The van der Waals surface area contributed by atoms with E-state index in [1.165, 1.54) is 9.80 Å². The van der Waals surface area contributed by atoms with E-state index in [0.717, 1.165) is 17.2 Å². The Balaban J connectivity index is 1.11. The van der Waals surface area contributed by atoms with Crippen molar-refractivity contribution in [3.63, 3.8) is 0 Å². The number of nitrogens with zero attached hydrogens (tertiary/aromatic N) is 4. The lowest BCUT2D eigenvalue weighted by Gasteiger charge is -2.30. The third-order valence-electron chi connectivity index (χ3n) is 9.20. The summed E-state index contributed by atoms with van der Waals surface area (Å²) in [7, 11) is 0. The molecule has 10 nitrogen and oxygen atoms in total. The van der Waals surface area contributed by atoms with E-state index in [4.69, 9.17) is 0 Å². The van der Waals surface area contributed by atoms with E-state index in [-0.39, 0.29) is 49.9 Å². The van der Waals surface area contributed by atoms with Gasteiger partial charge in [0.05, 0.1) is 13.2 Å². The first-order chi connectivity index (χ1) is 22.9.